The Hall–Kier alpha value is -4.16. The van der Waals surface area contributed by atoms with E-state index in [-0.39, 0.29) is 33.3 Å². The molecule has 1 fully saturated rings. The summed E-state index contributed by atoms with van der Waals surface area (Å²) < 4.78 is 167. The Morgan fingerprint density at radius 1 is 0.778 bits per heavy atom. The number of nitrogens with zero attached hydrogens (tertiary/aromatic N) is 3. The average molecular weight is 829 g/mol. The molecule has 1 amide bonds. The number of halogens is 12. The zero-order valence-corrected chi connectivity index (χ0v) is 28.1. The zero-order chi connectivity index (χ0) is 39.6. The van der Waals surface area contributed by atoms with Crippen LogP contribution in [-0.4, -0.2) is 93.5 Å². The van der Waals surface area contributed by atoms with Gasteiger partial charge in [-0.15, -0.1) is 5.69 Å². The second-order valence-electron chi connectivity index (χ2n) is 11.9. The molecule has 298 valence electrons. The van der Waals surface area contributed by atoms with Gasteiger partial charge in [-0.05, 0) is 30.5 Å². The number of aliphatic imine (C=N–C) groups is 1. The number of carboxylic acids is 1. The van der Waals surface area contributed by atoms with Crippen LogP contribution in [0.25, 0.3) is 5.32 Å². The van der Waals surface area contributed by atoms with E-state index in [1.807, 2.05) is 17.0 Å². The number of carbonyl (C=O) groups excluding carboxylic acids is 1. The minimum atomic E-state index is -8.01. The number of alkyl halides is 12. The SMILES string of the molecule is O=C(O)[C@@H](N=C(c1ccccc1)c1ccccc1[N-]C(=O)[C@@H]1CCCN1Cc1ccccc1)[C@@H](O)C(F)(F)C(F)(F)C(F)(F)C(F)(F)C(F)(F)C(F)F.[Ni]. The van der Waals surface area contributed by atoms with Crippen molar-refractivity contribution in [3.63, 3.8) is 0 Å². The molecule has 20 heteroatoms. The number of para-hydroxylation sites is 1. The van der Waals surface area contributed by atoms with Gasteiger partial charge in [0.15, 0.2) is 12.1 Å². The van der Waals surface area contributed by atoms with Crippen LogP contribution < -0.4 is 0 Å². The third-order valence-corrected chi connectivity index (χ3v) is 8.41. The van der Waals surface area contributed by atoms with Gasteiger partial charge in [-0.25, -0.2) is 13.6 Å². The minimum absolute atomic E-state index is 0. The third kappa shape index (κ3) is 8.24. The van der Waals surface area contributed by atoms with Gasteiger partial charge in [-0.3, -0.25) is 9.89 Å². The summed E-state index contributed by atoms with van der Waals surface area (Å²) in [4.78, 5) is 30.9. The Kier molecular flexibility index (Phi) is 13.7. The van der Waals surface area contributed by atoms with Crippen molar-refractivity contribution in [1.29, 1.82) is 0 Å². The summed E-state index contributed by atoms with van der Waals surface area (Å²) in [6.07, 6.45) is -9.48. The summed E-state index contributed by atoms with van der Waals surface area (Å²) in [7, 11) is 0. The van der Waals surface area contributed by atoms with Crippen molar-refractivity contribution < 1.29 is 89.0 Å². The summed E-state index contributed by atoms with van der Waals surface area (Å²) >= 11 is 0. The van der Waals surface area contributed by atoms with Crippen molar-refractivity contribution in [2.45, 2.75) is 73.6 Å². The van der Waals surface area contributed by atoms with E-state index in [1.54, 1.807) is 18.2 Å². The van der Waals surface area contributed by atoms with E-state index in [0.717, 1.165) is 23.8 Å². The van der Waals surface area contributed by atoms with Crippen molar-refractivity contribution in [2.24, 2.45) is 4.99 Å². The number of benzene rings is 3. The fourth-order valence-electron chi connectivity index (χ4n) is 5.51. The van der Waals surface area contributed by atoms with Crippen LogP contribution in [0.4, 0.5) is 58.4 Å². The molecule has 7 nitrogen and oxygen atoms in total. The molecule has 3 aromatic rings. The minimum Gasteiger partial charge on any atom is -0.625 e. The summed E-state index contributed by atoms with van der Waals surface area (Å²) in [6.45, 7) is 0.855. The quantitative estimate of drug-likeness (QED) is 0.0920. The molecule has 0 unspecified atom stereocenters. The number of likely N-dealkylation sites (tertiary alicyclic amines) is 1. The smallest absolute Gasteiger partial charge is 0.384 e. The van der Waals surface area contributed by atoms with Crippen LogP contribution in [0.1, 0.15) is 29.5 Å². The van der Waals surface area contributed by atoms with E-state index in [0.29, 0.717) is 25.9 Å². The number of hydrogen-bond donors (Lipinski definition) is 2. The van der Waals surface area contributed by atoms with Gasteiger partial charge in [0.25, 0.3) is 0 Å². The number of aliphatic carboxylic acids is 1. The summed E-state index contributed by atoms with van der Waals surface area (Å²) in [6, 6.07) is 15.8. The predicted octanol–water partition coefficient (Wildman–Crippen LogP) is 7.97. The van der Waals surface area contributed by atoms with Gasteiger partial charge in [-0.1, -0.05) is 84.9 Å². The van der Waals surface area contributed by atoms with Crippen molar-refractivity contribution >= 4 is 23.3 Å². The number of aliphatic hydroxyl groups is 1. The van der Waals surface area contributed by atoms with Crippen LogP contribution in [0.15, 0.2) is 89.9 Å². The van der Waals surface area contributed by atoms with E-state index in [2.05, 4.69) is 10.3 Å². The Morgan fingerprint density at radius 2 is 1.30 bits per heavy atom. The molecule has 4 rings (SSSR count). The molecule has 0 saturated carbocycles. The topological polar surface area (TPSA) is 104 Å². The zero-order valence-electron chi connectivity index (χ0n) is 27.1. The number of carbonyl (C=O) groups is 2. The van der Waals surface area contributed by atoms with Gasteiger partial charge in [0, 0.05) is 28.6 Å². The first-order valence-corrected chi connectivity index (χ1v) is 15.4. The molecule has 2 N–H and O–H groups in total. The first-order valence-electron chi connectivity index (χ1n) is 15.4. The average Bonchev–Trinajstić information content (AvgIpc) is 3.57. The molecule has 0 radical (unpaired) electrons. The van der Waals surface area contributed by atoms with E-state index in [9.17, 15) is 63.7 Å². The van der Waals surface area contributed by atoms with E-state index in [1.165, 1.54) is 36.4 Å². The number of hydrogen-bond acceptors (Lipinski definition) is 5. The summed E-state index contributed by atoms with van der Waals surface area (Å²) in [5.41, 5.74) is -0.742. The number of carboxylic acid groups (broad SMARTS) is 1. The van der Waals surface area contributed by atoms with Gasteiger partial charge in [0.1, 0.15) is 0 Å². The van der Waals surface area contributed by atoms with Crippen LogP contribution in [0.2, 0.25) is 0 Å². The molecule has 1 aliphatic rings. The fourth-order valence-corrected chi connectivity index (χ4v) is 5.51. The molecule has 1 saturated heterocycles. The maximum Gasteiger partial charge on any atom is 0.384 e. The molecule has 3 atom stereocenters. The maximum atomic E-state index is 15.0. The molecule has 0 bridgehead atoms. The van der Waals surface area contributed by atoms with Gasteiger partial charge in [0.2, 0.25) is 0 Å². The van der Waals surface area contributed by atoms with Gasteiger partial charge in [-0.2, -0.15) is 43.9 Å². The standard InChI is InChI=1S/C34H29F12N3O4.Ni/c35-29(36)31(39,40)33(43,44)34(45,46)32(41,42)30(37,38)26(50)25(28(52)53)48-24(20-12-5-2-6-13-20)21-14-7-8-15-22(21)47-27(51)23-16-9-17-49(23)18-19-10-3-1-4-11-19;/h1-8,10-15,23,25-26,29,50H,9,16-18H2,(H2,47,48,51,52,53);/p-1/t23-,25-,26+;/m0./s1. The molecule has 1 aliphatic heterocycles. The fraction of sp³-hybridized carbons (Fsp3) is 0.382. The van der Waals surface area contributed by atoms with E-state index < -0.39 is 71.8 Å². The number of rotatable bonds is 15. The third-order valence-electron chi connectivity index (χ3n) is 8.41. The molecule has 1 heterocycles. The summed E-state index contributed by atoms with van der Waals surface area (Å²) in [5, 5.41) is 24.0. The van der Waals surface area contributed by atoms with Crippen LogP contribution in [-0.2, 0) is 32.6 Å². The molecule has 54 heavy (non-hydrogen) atoms. The summed E-state index contributed by atoms with van der Waals surface area (Å²) in [5.74, 6) is -41.5. The van der Waals surface area contributed by atoms with Gasteiger partial charge >= 0.3 is 42.0 Å². The first kappa shape index (κ1) is 44.2. The van der Waals surface area contributed by atoms with E-state index in [4.69, 9.17) is 0 Å². The second-order valence-corrected chi connectivity index (χ2v) is 11.9. The van der Waals surface area contributed by atoms with Crippen molar-refractivity contribution in [1.82, 2.24) is 4.90 Å². The van der Waals surface area contributed by atoms with Crippen molar-refractivity contribution in [3.8, 4) is 0 Å². The van der Waals surface area contributed by atoms with Gasteiger partial charge < -0.3 is 20.3 Å². The molecule has 0 spiro atoms. The number of amides is 1. The monoisotopic (exact) mass is 828 g/mol. The Balaban J connectivity index is 0.00000784. The first-order chi connectivity index (χ1) is 24.6. The number of aliphatic hydroxyl groups excluding tert-OH is 1. The van der Waals surface area contributed by atoms with Crippen LogP contribution >= 0.6 is 0 Å². The molecule has 0 aromatic heterocycles. The van der Waals surface area contributed by atoms with Crippen LogP contribution in [0.3, 0.4) is 0 Å². The predicted molar refractivity (Wildman–Crippen MR) is 165 cm³/mol. The van der Waals surface area contributed by atoms with Crippen LogP contribution in [0, 0.1) is 0 Å². The van der Waals surface area contributed by atoms with E-state index >= 15 is 8.78 Å². The normalized spacial score (nSPS) is 17.5. The Bertz CT molecular complexity index is 1790. The van der Waals surface area contributed by atoms with Gasteiger partial charge in [0.05, 0.1) is 17.7 Å². The largest absolute Gasteiger partial charge is 0.625 e. The second kappa shape index (κ2) is 16.7. The Labute approximate surface area is 309 Å². The Morgan fingerprint density at radius 3 is 1.85 bits per heavy atom. The molecular weight excluding hydrogens is 801 g/mol. The molecular formula is C34H28F12N3NiO4-. The molecule has 0 aliphatic carbocycles. The van der Waals surface area contributed by atoms with Crippen molar-refractivity contribution in [2.75, 3.05) is 6.54 Å². The van der Waals surface area contributed by atoms with Crippen molar-refractivity contribution in [3.05, 3.63) is 107 Å². The maximum absolute atomic E-state index is 15.0. The molecule has 3 aromatic carbocycles. The van der Waals surface area contributed by atoms with Crippen LogP contribution in [0.5, 0.6) is 0 Å².